The maximum atomic E-state index is 12.0. The predicted molar refractivity (Wildman–Crippen MR) is 88.7 cm³/mol. The molecule has 3 atom stereocenters. The van der Waals surface area contributed by atoms with Crippen molar-refractivity contribution >= 4 is 11.9 Å². The maximum Gasteiger partial charge on any atom is 0.319 e. The summed E-state index contributed by atoms with van der Waals surface area (Å²) in [4.78, 5) is 26.0. The molecular weight excluding hydrogens is 326 g/mol. The van der Waals surface area contributed by atoms with Crippen LogP contribution in [0.25, 0.3) is 0 Å². The Kier molecular flexibility index (Phi) is 6.30. The number of nitrogens with zero attached hydrogens (tertiary/aromatic N) is 1. The molecule has 142 valence electrons. The molecule has 3 unspecified atom stereocenters. The Labute approximate surface area is 148 Å². The number of rotatable bonds is 5. The van der Waals surface area contributed by atoms with Crippen molar-refractivity contribution in [2.24, 2.45) is 5.92 Å². The Morgan fingerprint density at radius 2 is 1.76 bits per heavy atom. The van der Waals surface area contributed by atoms with Crippen molar-refractivity contribution < 1.29 is 28.5 Å². The maximum absolute atomic E-state index is 12.0. The predicted octanol–water partition coefficient (Wildman–Crippen LogP) is 1.49. The number of esters is 2. The molecule has 0 aliphatic carbocycles. The molecule has 7 heteroatoms. The van der Waals surface area contributed by atoms with E-state index in [1.54, 1.807) is 0 Å². The van der Waals surface area contributed by atoms with Gasteiger partial charge in [0, 0.05) is 18.7 Å². The first kappa shape index (κ1) is 18.6. The zero-order valence-electron chi connectivity index (χ0n) is 15.1. The van der Waals surface area contributed by atoms with E-state index in [-0.39, 0.29) is 48.9 Å². The molecule has 0 aromatic heterocycles. The molecule has 3 aliphatic heterocycles. The molecule has 2 bridgehead atoms. The first-order valence-electron chi connectivity index (χ1n) is 9.28. The van der Waals surface area contributed by atoms with Gasteiger partial charge < -0.3 is 18.9 Å². The molecule has 0 radical (unpaired) electrons. The second-order valence-corrected chi connectivity index (χ2v) is 7.27. The van der Waals surface area contributed by atoms with Gasteiger partial charge >= 0.3 is 11.9 Å². The summed E-state index contributed by atoms with van der Waals surface area (Å²) >= 11 is 0. The Morgan fingerprint density at radius 3 is 2.32 bits per heavy atom. The molecule has 0 saturated carbocycles. The first-order valence-corrected chi connectivity index (χ1v) is 9.28. The molecule has 3 aliphatic rings. The van der Waals surface area contributed by atoms with Crippen LogP contribution in [0.4, 0.5) is 0 Å². The van der Waals surface area contributed by atoms with Crippen molar-refractivity contribution in [3.05, 3.63) is 0 Å². The lowest BCUT2D eigenvalue weighted by atomic mass is 9.77. The largest absolute Gasteiger partial charge is 0.469 e. The SMILES string of the molecule is COC(=O)CN1C2CC(OC3CCCCO3)CC1CC(C(=O)OC)C2. The van der Waals surface area contributed by atoms with E-state index < -0.39 is 0 Å². The fourth-order valence-electron chi connectivity index (χ4n) is 4.46. The number of carbonyl (C=O) groups excluding carboxylic acids is 2. The standard InChI is InChI=1S/C18H29NO6/c1-22-16(20)11-19-13-7-12(18(21)23-2)8-14(19)10-15(9-13)25-17-5-3-4-6-24-17/h12-15,17H,3-11H2,1-2H3. The molecule has 3 fully saturated rings. The van der Waals surface area contributed by atoms with Crippen LogP contribution in [-0.2, 0) is 28.5 Å². The summed E-state index contributed by atoms with van der Waals surface area (Å²) in [5.41, 5.74) is 0. The summed E-state index contributed by atoms with van der Waals surface area (Å²) in [5, 5.41) is 0. The van der Waals surface area contributed by atoms with E-state index in [4.69, 9.17) is 18.9 Å². The monoisotopic (exact) mass is 355 g/mol. The van der Waals surface area contributed by atoms with Crippen LogP contribution in [0.1, 0.15) is 44.9 Å². The van der Waals surface area contributed by atoms with Gasteiger partial charge in [0.15, 0.2) is 6.29 Å². The normalized spacial score (nSPS) is 35.8. The highest BCUT2D eigenvalue weighted by atomic mass is 16.7. The summed E-state index contributed by atoms with van der Waals surface area (Å²) in [5.74, 6) is -0.482. The smallest absolute Gasteiger partial charge is 0.319 e. The fraction of sp³-hybridized carbons (Fsp3) is 0.889. The van der Waals surface area contributed by atoms with Gasteiger partial charge in [-0.25, -0.2) is 0 Å². The van der Waals surface area contributed by atoms with Gasteiger partial charge in [0.1, 0.15) is 0 Å². The van der Waals surface area contributed by atoms with Crippen LogP contribution in [0.2, 0.25) is 0 Å². The van der Waals surface area contributed by atoms with Crippen molar-refractivity contribution in [2.75, 3.05) is 27.4 Å². The summed E-state index contributed by atoms with van der Waals surface area (Å²) in [6.45, 7) is 1.04. The summed E-state index contributed by atoms with van der Waals surface area (Å²) in [6, 6.07) is 0.258. The third kappa shape index (κ3) is 4.51. The highest BCUT2D eigenvalue weighted by Gasteiger charge is 2.45. The van der Waals surface area contributed by atoms with Crippen molar-refractivity contribution in [2.45, 2.75) is 69.4 Å². The van der Waals surface area contributed by atoms with Crippen molar-refractivity contribution in [3.63, 3.8) is 0 Å². The number of hydrogen-bond donors (Lipinski definition) is 0. The number of fused-ring (bicyclic) bond motifs is 2. The van der Waals surface area contributed by atoms with Gasteiger partial charge in [0.2, 0.25) is 0 Å². The Hall–Kier alpha value is -1.18. The zero-order chi connectivity index (χ0) is 17.8. The van der Waals surface area contributed by atoms with Gasteiger partial charge in [-0.3, -0.25) is 14.5 Å². The minimum absolute atomic E-state index is 0.0965. The van der Waals surface area contributed by atoms with E-state index in [1.165, 1.54) is 14.2 Å². The Bertz CT molecular complexity index is 462. The molecule has 0 amide bonds. The minimum Gasteiger partial charge on any atom is -0.469 e. The second-order valence-electron chi connectivity index (χ2n) is 7.27. The molecule has 3 heterocycles. The average molecular weight is 355 g/mol. The van der Waals surface area contributed by atoms with Crippen LogP contribution < -0.4 is 0 Å². The van der Waals surface area contributed by atoms with Gasteiger partial charge in [0.05, 0.1) is 32.8 Å². The van der Waals surface area contributed by atoms with Gasteiger partial charge in [0.25, 0.3) is 0 Å². The molecule has 0 aromatic rings. The van der Waals surface area contributed by atoms with Crippen LogP contribution in [0.15, 0.2) is 0 Å². The Balaban J connectivity index is 1.65. The van der Waals surface area contributed by atoms with Crippen molar-refractivity contribution in [3.8, 4) is 0 Å². The van der Waals surface area contributed by atoms with E-state index in [2.05, 4.69) is 4.90 Å². The average Bonchev–Trinajstić information content (AvgIpc) is 2.62. The number of piperidine rings is 2. The van der Waals surface area contributed by atoms with Gasteiger partial charge in [-0.05, 0) is 44.9 Å². The Morgan fingerprint density at radius 1 is 1.04 bits per heavy atom. The van der Waals surface area contributed by atoms with E-state index in [0.29, 0.717) is 12.8 Å². The van der Waals surface area contributed by atoms with Crippen LogP contribution in [0.5, 0.6) is 0 Å². The van der Waals surface area contributed by atoms with Crippen LogP contribution in [0, 0.1) is 5.92 Å². The molecule has 3 rings (SSSR count). The van der Waals surface area contributed by atoms with E-state index >= 15 is 0 Å². The van der Waals surface area contributed by atoms with Crippen LogP contribution in [0.3, 0.4) is 0 Å². The molecule has 0 aromatic carbocycles. The number of ether oxygens (including phenoxy) is 4. The third-order valence-corrected chi connectivity index (χ3v) is 5.68. The third-order valence-electron chi connectivity index (χ3n) is 5.68. The topological polar surface area (TPSA) is 74.3 Å². The lowest BCUT2D eigenvalue weighted by molar-refractivity contribution is -0.208. The van der Waals surface area contributed by atoms with E-state index in [9.17, 15) is 9.59 Å². The van der Waals surface area contributed by atoms with E-state index in [0.717, 1.165) is 38.7 Å². The lowest BCUT2D eigenvalue weighted by Gasteiger charge is -2.50. The lowest BCUT2D eigenvalue weighted by Crippen LogP contribution is -2.58. The zero-order valence-corrected chi connectivity index (χ0v) is 15.1. The summed E-state index contributed by atoms with van der Waals surface area (Å²) < 4.78 is 21.7. The van der Waals surface area contributed by atoms with Gasteiger partial charge in [-0.1, -0.05) is 0 Å². The molecule has 3 saturated heterocycles. The minimum atomic E-state index is -0.235. The van der Waals surface area contributed by atoms with Crippen LogP contribution in [-0.4, -0.2) is 68.7 Å². The summed E-state index contributed by atoms with van der Waals surface area (Å²) in [7, 11) is 2.84. The molecule has 0 spiro atoms. The number of carbonyl (C=O) groups is 2. The van der Waals surface area contributed by atoms with Gasteiger partial charge in [-0.15, -0.1) is 0 Å². The number of hydrogen-bond acceptors (Lipinski definition) is 7. The molecule has 7 nitrogen and oxygen atoms in total. The quantitative estimate of drug-likeness (QED) is 0.692. The van der Waals surface area contributed by atoms with Crippen molar-refractivity contribution in [1.82, 2.24) is 4.90 Å². The molecular formula is C18H29NO6. The highest BCUT2D eigenvalue weighted by molar-refractivity contribution is 5.73. The fourth-order valence-corrected chi connectivity index (χ4v) is 4.46. The highest BCUT2D eigenvalue weighted by Crippen LogP contribution is 2.39. The van der Waals surface area contributed by atoms with Crippen LogP contribution >= 0.6 is 0 Å². The summed E-state index contributed by atoms with van der Waals surface area (Å²) in [6.07, 6.45) is 6.21. The molecule has 25 heavy (non-hydrogen) atoms. The van der Waals surface area contributed by atoms with Gasteiger partial charge in [-0.2, -0.15) is 0 Å². The van der Waals surface area contributed by atoms with Crippen molar-refractivity contribution in [1.29, 1.82) is 0 Å². The second kappa shape index (κ2) is 8.47. The van der Waals surface area contributed by atoms with E-state index in [1.807, 2.05) is 0 Å². The number of methoxy groups -OCH3 is 2. The molecule has 0 N–H and O–H groups in total. The first-order chi connectivity index (χ1) is 12.1.